The number of carbonyl (C=O) groups is 2. The number of ether oxygens (including phenoxy) is 1. The molecule has 7 heteroatoms. The van der Waals surface area contributed by atoms with Crippen molar-refractivity contribution in [2.75, 3.05) is 12.4 Å². The average molecular weight is 358 g/mol. The van der Waals surface area contributed by atoms with Crippen LogP contribution in [-0.2, 0) is 24.6 Å². The van der Waals surface area contributed by atoms with E-state index in [1.54, 1.807) is 16.9 Å². The van der Waals surface area contributed by atoms with Crippen LogP contribution in [0.4, 0.5) is 5.00 Å². The average Bonchev–Trinajstić information content (AvgIpc) is 3.28. The molecular formula is C18H18N2O4S. The lowest BCUT2D eigenvalue weighted by atomic mass is 9.95. The topological polar surface area (TPSA) is 73.5 Å². The molecule has 0 radical (unpaired) electrons. The van der Waals surface area contributed by atoms with E-state index < -0.39 is 5.97 Å². The van der Waals surface area contributed by atoms with Crippen LogP contribution in [0.2, 0.25) is 0 Å². The molecule has 4 rings (SSSR count). The number of nitrogens with one attached hydrogen (secondary N) is 1. The van der Waals surface area contributed by atoms with E-state index in [0.717, 1.165) is 36.8 Å². The van der Waals surface area contributed by atoms with Crippen molar-refractivity contribution < 1.29 is 18.7 Å². The summed E-state index contributed by atoms with van der Waals surface area (Å²) in [7, 11) is 3.18. The lowest BCUT2D eigenvalue weighted by Gasteiger charge is -2.11. The first-order chi connectivity index (χ1) is 12.1. The maximum Gasteiger partial charge on any atom is 0.341 e. The largest absolute Gasteiger partial charge is 0.465 e. The van der Waals surface area contributed by atoms with E-state index in [4.69, 9.17) is 9.15 Å². The van der Waals surface area contributed by atoms with E-state index in [0.29, 0.717) is 21.8 Å². The molecule has 3 heterocycles. The number of rotatable bonds is 3. The smallest absolute Gasteiger partial charge is 0.341 e. The van der Waals surface area contributed by atoms with E-state index in [2.05, 4.69) is 5.32 Å². The van der Waals surface area contributed by atoms with Crippen LogP contribution in [0.3, 0.4) is 0 Å². The van der Waals surface area contributed by atoms with Crippen molar-refractivity contribution >= 4 is 39.3 Å². The molecule has 0 bridgehead atoms. The van der Waals surface area contributed by atoms with Gasteiger partial charge in [-0.2, -0.15) is 0 Å². The molecule has 1 N–H and O–H groups in total. The molecule has 0 saturated heterocycles. The number of amides is 1. The van der Waals surface area contributed by atoms with Crippen molar-refractivity contribution in [1.82, 2.24) is 4.57 Å². The van der Waals surface area contributed by atoms with Crippen LogP contribution in [0.5, 0.6) is 0 Å². The second-order valence-electron chi connectivity index (χ2n) is 6.12. The normalized spacial score (nSPS) is 13.7. The maximum atomic E-state index is 12.8. The number of fused-ring (bicyclic) bond motifs is 2. The monoisotopic (exact) mass is 358 g/mol. The fraction of sp³-hybridized carbons (Fsp3) is 0.333. The number of carbonyl (C=O) groups excluding carboxylic acids is 2. The molecule has 6 nitrogen and oxygen atoms in total. The fourth-order valence-electron chi connectivity index (χ4n) is 3.41. The molecule has 1 aliphatic rings. The maximum absolute atomic E-state index is 12.8. The Morgan fingerprint density at radius 3 is 2.88 bits per heavy atom. The number of methoxy groups -OCH3 is 1. The molecule has 0 saturated carbocycles. The Morgan fingerprint density at radius 2 is 2.12 bits per heavy atom. The van der Waals surface area contributed by atoms with E-state index in [1.807, 2.05) is 13.1 Å². The van der Waals surface area contributed by atoms with Crippen molar-refractivity contribution in [1.29, 1.82) is 0 Å². The summed E-state index contributed by atoms with van der Waals surface area (Å²) < 4.78 is 12.1. The zero-order chi connectivity index (χ0) is 17.6. The van der Waals surface area contributed by atoms with Gasteiger partial charge in [0.1, 0.15) is 10.7 Å². The first-order valence-corrected chi connectivity index (χ1v) is 8.99. The Morgan fingerprint density at radius 1 is 1.32 bits per heavy atom. The van der Waals surface area contributed by atoms with Crippen LogP contribution in [0.25, 0.3) is 11.1 Å². The van der Waals surface area contributed by atoms with Crippen molar-refractivity contribution in [2.24, 2.45) is 7.05 Å². The lowest BCUT2D eigenvalue weighted by Crippen LogP contribution is -2.17. The molecule has 1 amide bonds. The minimum atomic E-state index is -0.393. The summed E-state index contributed by atoms with van der Waals surface area (Å²) in [6.45, 7) is 0. The highest BCUT2D eigenvalue weighted by Crippen LogP contribution is 2.38. The number of thiophene rings is 1. The van der Waals surface area contributed by atoms with Gasteiger partial charge in [-0.15, -0.1) is 11.3 Å². The summed E-state index contributed by atoms with van der Waals surface area (Å²) in [6, 6.07) is 3.52. The Kier molecular flexibility index (Phi) is 3.88. The van der Waals surface area contributed by atoms with E-state index >= 15 is 0 Å². The van der Waals surface area contributed by atoms with Gasteiger partial charge in [0.25, 0.3) is 5.91 Å². The Hall–Kier alpha value is -2.54. The number of aryl methyl sites for hydroxylation is 2. The Balaban J connectivity index is 1.71. The number of nitrogens with zero attached hydrogens (tertiary/aromatic N) is 1. The number of anilines is 1. The number of aromatic nitrogens is 1. The van der Waals surface area contributed by atoms with Crippen LogP contribution in [0.1, 0.15) is 44.1 Å². The minimum absolute atomic E-state index is 0.266. The van der Waals surface area contributed by atoms with Crippen LogP contribution < -0.4 is 5.32 Å². The van der Waals surface area contributed by atoms with Gasteiger partial charge < -0.3 is 19.0 Å². The molecule has 0 fully saturated rings. The van der Waals surface area contributed by atoms with Gasteiger partial charge in [0.15, 0.2) is 5.58 Å². The van der Waals surface area contributed by atoms with Gasteiger partial charge in [-0.05, 0) is 31.2 Å². The fourth-order valence-corrected chi connectivity index (χ4v) is 4.68. The molecule has 25 heavy (non-hydrogen) atoms. The van der Waals surface area contributed by atoms with Gasteiger partial charge in [0.05, 0.1) is 24.5 Å². The van der Waals surface area contributed by atoms with Gasteiger partial charge in [-0.25, -0.2) is 4.79 Å². The summed E-state index contributed by atoms with van der Waals surface area (Å²) >= 11 is 1.48. The van der Waals surface area contributed by atoms with E-state index in [-0.39, 0.29) is 5.91 Å². The molecule has 130 valence electrons. The van der Waals surface area contributed by atoms with Gasteiger partial charge in [0.2, 0.25) is 0 Å². The highest BCUT2D eigenvalue weighted by Gasteiger charge is 2.27. The first kappa shape index (κ1) is 16.0. The van der Waals surface area contributed by atoms with Gasteiger partial charge in [0, 0.05) is 24.1 Å². The van der Waals surface area contributed by atoms with E-state index in [9.17, 15) is 9.59 Å². The van der Waals surface area contributed by atoms with Crippen LogP contribution in [0, 0.1) is 0 Å². The number of hydrogen-bond donors (Lipinski definition) is 1. The SMILES string of the molecule is COC(=O)c1c(NC(=O)c2cc3occc3n2C)sc2c1CCCC2. The van der Waals surface area contributed by atoms with Gasteiger partial charge in [-0.1, -0.05) is 0 Å². The van der Waals surface area contributed by atoms with Crippen molar-refractivity contribution in [2.45, 2.75) is 25.7 Å². The third-order valence-corrected chi connectivity index (χ3v) is 5.89. The van der Waals surface area contributed by atoms with Crippen LogP contribution >= 0.6 is 11.3 Å². The quantitative estimate of drug-likeness (QED) is 0.724. The summed E-state index contributed by atoms with van der Waals surface area (Å²) in [5, 5.41) is 3.48. The molecular weight excluding hydrogens is 340 g/mol. The minimum Gasteiger partial charge on any atom is -0.465 e. The summed E-state index contributed by atoms with van der Waals surface area (Å²) in [5.41, 5.74) is 3.53. The molecule has 1 aliphatic carbocycles. The highest BCUT2D eigenvalue weighted by atomic mass is 32.1. The van der Waals surface area contributed by atoms with Gasteiger partial charge in [-0.3, -0.25) is 4.79 Å². The predicted octanol–water partition coefficient (Wildman–Crippen LogP) is 3.75. The van der Waals surface area contributed by atoms with Crippen molar-refractivity contribution in [3.63, 3.8) is 0 Å². The number of hydrogen-bond acceptors (Lipinski definition) is 5. The van der Waals surface area contributed by atoms with Crippen molar-refractivity contribution in [3.8, 4) is 0 Å². The first-order valence-electron chi connectivity index (χ1n) is 8.17. The second kappa shape index (κ2) is 6.07. The van der Waals surface area contributed by atoms with E-state index in [1.165, 1.54) is 23.3 Å². The molecule has 0 atom stereocenters. The van der Waals surface area contributed by atoms with Crippen molar-refractivity contribution in [3.05, 3.63) is 40.1 Å². The molecule has 0 unspecified atom stereocenters. The second-order valence-corrected chi connectivity index (χ2v) is 7.22. The number of furan rings is 1. The Bertz CT molecular complexity index is 979. The Labute approximate surface area is 148 Å². The molecule has 0 spiro atoms. The summed E-state index contributed by atoms with van der Waals surface area (Å²) in [5.74, 6) is -0.659. The zero-order valence-electron chi connectivity index (χ0n) is 14.0. The molecule has 3 aromatic rings. The van der Waals surface area contributed by atoms with Crippen LogP contribution in [0.15, 0.2) is 22.8 Å². The summed E-state index contributed by atoms with van der Waals surface area (Å²) in [4.78, 5) is 26.2. The lowest BCUT2D eigenvalue weighted by molar-refractivity contribution is 0.0601. The van der Waals surface area contributed by atoms with Gasteiger partial charge >= 0.3 is 5.97 Å². The van der Waals surface area contributed by atoms with Crippen LogP contribution in [-0.4, -0.2) is 23.6 Å². The third kappa shape index (κ3) is 2.55. The summed E-state index contributed by atoms with van der Waals surface area (Å²) in [6.07, 6.45) is 5.54. The third-order valence-electron chi connectivity index (χ3n) is 4.68. The zero-order valence-corrected chi connectivity index (χ0v) is 14.9. The highest BCUT2D eigenvalue weighted by molar-refractivity contribution is 7.17. The molecule has 3 aromatic heterocycles. The predicted molar refractivity (Wildman–Crippen MR) is 95.4 cm³/mol. The number of esters is 1. The standard InChI is InChI=1S/C18H18N2O4S/c1-20-11-7-8-24-13(11)9-12(20)16(21)19-17-15(18(22)23-2)10-5-3-4-6-14(10)25-17/h7-9H,3-6H2,1-2H3,(H,19,21). The molecule has 0 aromatic carbocycles. The molecule has 0 aliphatic heterocycles.